The summed E-state index contributed by atoms with van der Waals surface area (Å²) >= 11 is 0. The Balaban J connectivity index is 2.33. The zero-order valence-electron chi connectivity index (χ0n) is 9.05. The first-order valence-electron chi connectivity index (χ1n) is 5.33. The first-order valence-corrected chi connectivity index (χ1v) is 5.33. The lowest BCUT2D eigenvalue weighted by Crippen LogP contribution is -2.29. The lowest BCUT2D eigenvalue weighted by Gasteiger charge is -2.31. The van der Waals surface area contributed by atoms with Gasteiger partial charge in [-0.2, -0.15) is 0 Å². The van der Waals surface area contributed by atoms with E-state index in [4.69, 9.17) is 11.2 Å². The van der Waals surface area contributed by atoms with Crippen LogP contribution < -0.4 is 4.74 Å². The summed E-state index contributed by atoms with van der Waals surface area (Å²) in [6.45, 7) is 0. The zero-order chi connectivity index (χ0) is 11.9. The Labute approximate surface area is 99.5 Å². The topological polar surface area (TPSA) is 29.5 Å². The van der Waals surface area contributed by atoms with Crippen LogP contribution in [0, 0.1) is 12.3 Å². The molecule has 0 unspecified atom stereocenters. The Bertz CT molecular complexity index is 577. The minimum absolute atomic E-state index is 0.603. The van der Waals surface area contributed by atoms with Gasteiger partial charge in [-0.25, -0.2) is 0 Å². The summed E-state index contributed by atoms with van der Waals surface area (Å²) in [7, 11) is 0. The molecule has 17 heavy (non-hydrogen) atoms. The van der Waals surface area contributed by atoms with E-state index in [1.165, 1.54) is 0 Å². The Morgan fingerprint density at radius 1 is 0.941 bits per heavy atom. The van der Waals surface area contributed by atoms with Gasteiger partial charge in [0.15, 0.2) is 5.60 Å². The third-order valence-corrected chi connectivity index (χ3v) is 2.98. The van der Waals surface area contributed by atoms with E-state index in [1.54, 1.807) is 24.3 Å². The molecule has 0 aromatic heterocycles. The Morgan fingerprint density at radius 2 is 1.41 bits per heavy atom. The number of fused-ring (bicyclic) bond motifs is 2. The zero-order valence-corrected chi connectivity index (χ0v) is 9.05. The highest BCUT2D eigenvalue weighted by atomic mass is 16.5. The van der Waals surface area contributed by atoms with Crippen LogP contribution in [-0.4, -0.2) is 5.11 Å². The minimum Gasteiger partial charge on any atom is -0.456 e. The highest BCUT2D eigenvalue weighted by molar-refractivity contribution is 5.59. The summed E-state index contributed by atoms with van der Waals surface area (Å²) in [6, 6.07) is 14.5. The third-order valence-electron chi connectivity index (χ3n) is 2.98. The second-order valence-electron chi connectivity index (χ2n) is 3.95. The van der Waals surface area contributed by atoms with Crippen LogP contribution in [0.2, 0.25) is 0 Å². The van der Waals surface area contributed by atoms with Crippen molar-refractivity contribution in [2.24, 2.45) is 0 Å². The fraction of sp³-hybridized carbons (Fsp3) is 0.0667. The number of rotatable bonds is 0. The number of benzene rings is 2. The van der Waals surface area contributed by atoms with Crippen LogP contribution in [0.5, 0.6) is 11.5 Å². The SMILES string of the molecule is C#CC1(O)c2ccccc2Oc2ccccc21. The van der Waals surface area contributed by atoms with Gasteiger partial charge in [0.1, 0.15) is 11.5 Å². The molecule has 2 aromatic rings. The lowest BCUT2D eigenvalue weighted by atomic mass is 9.84. The van der Waals surface area contributed by atoms with Crippen LogP contribution in [-0.2, 0) is 5.60 Å². The monoisotopic (exact) mass is 222 g/mol. The number of hydrogen-bond acceptors (Lipinski definition) is 2. The van der Waals surface area contributed by atoms with Crippen molar-refractivity contribution in [3.8, 4) is 23.8 Å². The van der Waals surface area contributed by atoms with Crippen LogP contribution in [0.25, 0.3) is 0 Å². The largest absolute Gasteiger partial charge is 0.456 e. The number of aliphatic hydroxyl groups is 1. The van der Waals surface area contributed by atoms with E-state index in [1.807, 2.05) is 24.3 Å². The van der Waals surface area contributed by atoms with Crippen molar-refractivity contribution in [2.45, 2.75) is 5.60 Å². The molecule has 0 bridgehead atoms. The Kier molecular flexibility index (Phi) is 1.98. The highest BCUT2D eigenvalue weighted by Gasteiger charge is 2.38. The molecule has 0 saturated carbocycles. The Hall–Kier alpha value is -2.24. The van der Waals surface area contributed by atoms with Gasteiger partial charge in [0.25, 0.3) is 0 Å². The summed E-state index contributed by atoms with van der Waals surface area (Å²) in [5, 5.41) is 10.7. The van der Waals surface area contributed by atoms with Crippen molar-refractivity contribution in [3.63, 3.8) is 0 Å². The van der Waals surface area contributed by atoms with E-state index in [2.05, 4.69) is 5.92 Å². The van der Waals surface area contributed by atoms with Crippen molar-refractivity contribution in [3.05, 3.63) is 59.7 Å². The second-order valence-corrected chi connectivity index (χ2v) is 3.95. The summed E-state index contributed by atoms with van der Waals surface area (Å²) in [6.07, 6.45) is 5.51. The van der Waals surface area contributed by atoms with Gasteiger partial charge in [-0.15, -0.1) is 6.42 Å². The average molecular weight is 222 g/mol. The van der Waals surface area contributed by atoms with Gasteiger partial charge in [0.2, 0.25) is 0 Å². The predicted octanol–water partition coefficient (Wildman–Crippen LogP) is 2.66. The molecule has 0 saturated heterocycles. The van der Waals surface area contributed by atoms with E-state index >= 15 is 0 Å². The quantitative estimate of drug-likeness (QED) is 0.694. The van der Waals surface area contributed by atoms with E-state index in [0.717, 1.165) is 0 Å². The highest BCUT2D eigenvalue weighted by Crippen LogP contribution is 2.45. The molecule has 0 fully saturated rings. The molecule has 0 spiro atoms. The molecule has 2 nitrogen and oxygen atoms in total. The van der Waals surface area contributed by atoms with Crippen LogP contribution in [0.4, 0.5) is 0 Å². The molecule has 3 rings (SSSR count). The van der Waals surface area contributed by atoms with Gasteiger partial charge in [-0.1, -0.05) is 42.3 Å². The molecule has 0 aliphatic carbocycles. The van der Waals surface area contributed by atoms with E-state index in [-0.39, 0.29) is 0 Å². The van der Waals surface area contributed by atoms with Crippen molar-refractivity contribution < 1.29 is 9.84 Å². The van der Waals surface area contributed by atoms with E-state index < -0.39 is 5.60 Å². The van der Waals surface area contributed by atoms with Gasteiger partial charge in [0.05, 0.1) is 0 Å². The van der Waals surface area contributed by atoms with Crippen molar-refractivity contribution in [2.75, 3.05) is 0 Å². The smallest absolute Gasteiger partial charge is 0.183 e. The van der Waals surface area contributed by atoms with E-state index in [0.29, 0.717) is 22.6 Å². The molecule has 1 aliphatic rings. The van der Waals surface area contributed by atoms with Crippen LogP contribution in [0.3, 0.4) is 0 Å². The van der Waals surface area contributed by atoms with Gasteiger partial charge < -0.3 is 9.84 Å². The molecule has 0 atom stereocenters. The molecule has 0 amide bonds. The summed E-state index contributed by atoms with van der Waals surface area (Å²) in [5.41, 5.74) is -0.187. The maximum absolute atomic E-state index is 10.7. The third kappa shape index (κ3) is 1.27. The van der Waals surface area contributed by atoms with Crippen LogP contribution in [0.15, 0.2) is 48.5 Å². The summed E-state index contributed by atoms with van der Waals surface area (Å²) in [4.78, 5) is 0. The first kappa shape index (κ1) is 9.95. The Morgan fingerprint density at radius 3 is 1.88 bits per heavy atom. The van der Waals surface area contributed by atoms with Gasteiger partial charge in [-0.05, 0) is 12.1 Å². The number of hydrogen-bond donors (Lipinski definition) is 1. The molecule has 1 heterocycles. The predicted molar refractivity (Wildman–Crippen MR) is 64.8 cm³/mol. The van der Waals surface area contributed by atoms with Crippen LogP contribution >= 0.6 is 0 Å². The van der Waals surface area contributed by atoms with Crippen LogP contribution in [0.1, 0.15) is 11.1 Å². The average Bonchev–Trinajstić information content (AvgIpc) is 2.39. The number of para-hydroxylation sites is 2. The van der Waals surface area contributed by atoms with Crippen molar-refractivity contribution in [1.82, 2.24) is 0 Å². The van der Waals surface area contributed by atoms with Crippen molar-refractivity contribution >= 4 is 0 Å². The molecular formula is C15H10O2. The minimum atomic E-state index is -1.41. The maximum atomic E-state index is 10.7. The molecule has 0 radical (unpaired) electrons. The fourth-order valence-corrected chi connectivity index (χ4v) is 2.13. The van der Waals surface area contributed by atoms with Gasteiger partial charge in [-0.3, -0.25) is 0 Å². The summed E-state index contributed by atoms with van der Waals surface area (Å²) in [5.74, 6) is 3.68. The molecule has 82 valence electrons. The fourth-order valence-electron chi connectivity index (χ4n) is 2.13. The molecular weight excluding hydrogens is 212 g/mol. The second kappa shape index (κ2) is 3.38. The standard InChI is InChI=1S/C15H10O2/c1-2-15(16)11-7-3-5-9-13(11)17-14-10-6-4-8-12(14)15/h1,3-10,16H. The molecule has 1 N–H and O–H groups in total. The number of terminal acetylenes is 1. The lowest BCUT2D eigenvalue weighted by molar-refractivity contribution is 0.131. The van der Waals surface area contributed by atoms with Gasteiger partial charge >= 0.3 is 0 Å². The first-order chi connectivity index (χ1) is 8.25. The normalized spacial score (nSPS) is 15.1. The molecule has 2 aromatic carbocycles. The molecule has 2 heteroatoms. The number of ether oxygens (including phenoxy) is 1. The van der Waals surface area contributed by atoms with Crippen molar-refractivity contribution in [1.29, 1.82) is 0 Å². The van der Waals surface area contributed by atoms with E-state index in [9.17, 15) is 5.11 Å². The summed E-state index contributed by atoms with van der Waals surface area (Å²) < 4.78 is 5.72. The maximum Gasteiger partial charge on any atom is 0.183 e. The van der Waals surface area contributed by atoms with Gasteiger partial charge in [0, 0.05) is 11.1 Å². The molecule has 1 aliphatic heterocycles.